The normalized spacial score (nSPS) is 10.9. The van der Waals surface area contributed by atoms with Gasteiger partial charge in [-0.25, -0.2) is 9.48 Å². The maximum Gasteiger partial charge on any atom is 0.344 e. The van der Waals surface area contributed by atoms with Crippen molar-refractivity contribution in [2.45, 2.75) is 19.9 Å². The van der Waals surface area contributed by atoms with E-state index in [-0.39, 0.29) is 19.8 Å². The van der Waals surface area contributed by atoms with E-state index in [2.05, 4.69) is 8.75 Å². The van der Waals surface area contributed by atoms with Crippen LogP contribution in [0.4, 0.5) is 0 Å². The number of methoxy groups -OCH3 is 1. The quantitative estimate of drug-likeness (QED) is 0.157. The number of aromatic nitrogens is 4. The highest BCUT2D eigenvalue weighted by molar-refractivity contribution is 7.13. The molecule has 5 rings (SSSR count). The SMILES string of the molecule is CCOC(=O)COc1cc(OC)ccc1Cn1nc(-c2cccs2)c(Cc2ccc3nsnc3c2)c1OC=O. The molecule has 200 valence electrons. The van der Waals surface area contributed by atoms with Crippen molar-refractivity contribution in [2.24, 2.45) is 0 Å². The van der Waals surface area contributed by atoms with Crippen molar-refractivity contribution < 1.29 is 28.5 Å². The summed E-state index contributed by atoms with van der Waals surface area (Å²) in [6.45, 7) is 2.33. The van der Waals surface area contributed by atoms with Crippen LogP contribution < -0.4 is 14.2 Å². The summed E-state index contributed by atoms with van der Waals surface area (Å²) in [5.41, 5.74) is 4.79. The monoisotopic (exact) mass is 564 g/mol. The van der Waals surface area contributed by atoms with E-state index in [0.717, 1.165) is 38.8 Å². The second-order valence-electron chi connectivity index (χ2n) is 8.31. The van der Waals surface area contributed by atoms with Crippen molar-refractivity contribution in [1.29, 1.82) is 0 Å². The number of fused-ring (bicyclic) bond motifs is 1. The topological polar surface area (TPSA) is 115 Å². The molecule has 0 saturated carbocycles. The zero-order chi connectivity index (χ0) is 27.2. The summed E-state index contributed by atoms with van der Waals surface area (Å²) in [5, 5.41) is 6.83. The molecule has 0 fully saturated rings. The Kier molecular flexibility index (Phi) is 8.13. The van der Waals surface area contributed by atoms with Gasteiger partial charge in [0.05, 0.1) is 36.9 Å². The van der Waals surface area contributed by atoms with E-state index in [1.54, 1.807) is 42.2 Å². The number of esters is 1. The number of hydrogen-bond acceptors (Lipinski definition) is 11. The van der Waals surface area contributed by atoms with Crippen molar-refractivity contribution in [3.63, 3.8) is 0 Å². The molecule has 3 heterocycles. The zero-order valence-electron chi connectivity index (χ0n) is 21.2. The summed E-state index contributed by atoms with van der Waals surface area (Å²) < 4.78 is 31.9. The lowest BCUT2D eigenvalue weighted by molar-refractivity contribution is -0.145. The molecule has 0 spiro atoms. The van der Waals surface area contributed by atoms with Crippen molar-refractivity contribution >= 4 is 46.5 Å². The van der Waals surface area contributed by atoms with Gasteiger partial charge in [0.25, 0.3) is 6.47 Å². The summed E-state index contributed by atoms with van der Waals surface area (Å²) in [4.78, 5) is 24.5. The average molecular weight is 565 g/mol. The molecule has 39 heavy (non-hydrogen) atoms. The largest absolute Gasteiger partial charge is 0.497 e. The second-order valence-corrected chi connectivity index (χ2v) is 9.79. The molecule has 0 aliphatic rings. The van der Waals surface area contributed by atoms with Crippen LogP contribution in [-0.4, -0.2) is 51.3 Å². The van der Waals surface area contributed by atoms with Crippen molar-refractivity contribution in [3.8, 4) is 28.0 Å². The minimum absolute atomic E-state index is 0.207. The second kappa shape index (κ2) is 12.0. The first kappa shape index (κ1) is 26.3. The molecule has 0 amide bonds. The van der Waals surface area contributed by atoms with E-state index in [1.807, 2.05) is 41.8 Å². The zero-order valence-corrected chi connectivity index (χ0v) is 22.8. The fraction of sp³-hybridized carbons (Fsp3) is 0.222. The standard InChI is InChI=1S/C27H24N4O6S2/c1-3-35-25(33)15-36-23-13-19(34-2)8-7-18(23)14-31-27(37-16-32)20(26(28-31)24-5-4-10-38-24)11-17-6-9-21-22(12-17)30-39-29-21/h4-10,12-13,16H,3,11,14-15H2,1-2H3. The van der Waals surface area contributed by atoms with E-state index in [1.165, 1.54) is 0 Å². The van der Waals surface area contributed by atoms with Crippen LogP contribution in [0.25, 0.3) is 21.6 Å². The fourth-order valence-corrected chi connectivity index (χ4v) is 5.36. The first-order valence-electron chi connectivity index (χ1n) is 12.0. The van der Waals surface area contributed by atoms with Crippen LogP contribution in [0.3, 0.4) is 0 Å². The third-order valence-corrected chi connectivity index (χ3v) is 7.29. The van der Waals surface area contributed by atoms with Gasteiger partial charge >= 0.3 is 5.97 Å². The van der Waals surface area contributed by atoms with Crippen LogP contribution >= 0.6 is 23.1 Å². The lowest BCUT2D eigenvalue weighted by Gasteiger charge is -2.14. The third-order valence-electron chi connectivity index (χ3n) is 5.86. The van der Waals surface area contributed by atoms with Gasteiger partial charge < -0.3 is 18.9 Å². The van der Waals surface area contributed by atoms with Gasteiger partial charge in [-0.2, -0.15) is 13.8 Å². The molecule has 0 aliphatic carbocycles. The molecule has 3 aromatic heterocycles. The van der Waals surface area contributed by atoms with Crippen LogP contribution in [0.2, 0.25) is 0 Å². The molecule has 0 N–H and O–H groups in total. The Balaban J connectivity index is 1.54. The minimum Gasteiger partial charge on any atom is -0.497 e. The molecule has 0 unspecified atom stereocenters. The van der Waals surface area contributed by atoms with E-state index in [0.29, 0.717) is 41.5 Å². The van der Waals surface area contributed by atoms with Gasteiger partial charge in [-0.3, -0.25) is 4.79 Å². The molecule has 12 heteroatoms. The van der Waals surface area contributed by atoms with E-state index >= 15 is 0 Å². The van der Waals surface area contributed by atoms with Crippen LogP contribution in [0.1, 0.15) is 23.6 Å². The van der Waals surface area contributed by atoms with E-state index in [4.69, 9.17) is 24.0 Å². The Morgan fingerprint density at radius 1 is 1.10 bits per heavy atom. The molecule has 0 aliphatic heterocycles. The summed E-state index contributed by atoms with van der Waals surface area (Å²) in [5.74, 6) is 0.826. The van der Waals surface area contributed by atoms with Gasteiger partial charge in [-0.05, 0) is 48.2 Å². The van der Waals surface area contributed by atoms with Crippen molar-refractivity contribution in [2.75, 3.05) is 20.3 Å². The highest BCUT2D eigenvalue weighted by Crippen LogP contribution is 2.36. The molecule has 0 radical (unpaired) electrons. The van der Waals surface area contributed by atoms with Gasteiger partial charge in [0, 0.05) is 23.6 Å². The number of carbonyl (C=O) groups excluding carboxylic acids is 2. The Hall–Kier alpha value is -4.29. The van der Waals surface area contributed by atoms with Crippen molar-refractivity contribution in [1.82, 2.24) is 18.5 Å². The number of nitrogens with zero attached hydrogens (tertiary/aromatic N) is 4. The minimum atomic E-state index is -0.482. The predicted octanol–water partition coefficient (Wildman–Crippen LogP) is 4.74. The number of thiophene rings is 1. The maximum atomic E-state index is 11.9. The Morgan fingerprint density at radius 2 is 1.97 bits per heavy atom. The first-order valence-corrected chi connectivity index (χ1v) is 13.6. The first-order chi connectivity index (χ1) is 19.1. The molecule has 5 aromatic rings. The summed E-state index contributed by atoms with van der Waals surface area (Å²) >= 11 is 2.70. The van der Waals surface area contributed by atoms with Gasteiger partial charge in [-0.1, -0.05) is 12.1 Å². The molecular formula is C27H24N4O6S2. The highest BCUT2D eigenvalue weighted by atomic mass is 32.1. The third kappa shape index (κ3) is 5.91. The Bertz CT molecular complexity index is 1600. The fourth-order valence-electron chi connectivity index (χ4n) is 4.11. The van der Waals surface area contributed by atoms with Crippen LogP contribution in [0.15, 0.2) is 53.9 Å². The summed E-state index contributed by atoms with van der Waals surface area (Å²) in [6.07, 6.45) is 0.457. The van der Waals surface area contributed by atoms with Crippen LogP contribution in [-0.2, 0) is 27.3 Å². The Labute approximate surface area is 232 Å². The van der Waals surface area contributed by atoms with Crippen LogP contribution in [0, 0.1) is 0 Å². The molecule has 2 aromatic carbocycles. The molecule has 0 saturated heterocycles. The van der Waals surface area contributed by atoms with Gasteiger partial charge in [0.2, 0.25) is 5.88 Å². The van der Waals surface area contributed by atoms with E-state index < -0.39 is 5.97 Å². The van der Waals surface area contributed by atoms with Gasteiger partial charge in [0.1, 0.15) is 28.2 Å². The number of carbonyl (C=O) groups is 2. The van der Waals surface area contributed by atoms with Gasteiger partial charge in [-0.15, -0.1) is 11.3 Å². The number of benzene rings is 2. The van der Waals surface area contributed by atoms with Crippen molar-refractivity contribution in [3.05, 3.63) is 70.6 Å². The summed E-state index contributed by atoms with van der Waals surface area (Å²) in [7, 11) is 1.55. The maximum absolute atomic E-state index is 11.9. The Morgan fingerprint density at radius 3 is 2.74 bits per heavy atom. The predicted molar refractivity (Wildman–Crippen MR) is 147 cm³/mol. The molecule has 10 nitrogen and oxygen atoms in total. The molecule has 0 bridgehead atoms. The van der Waals surface area contributed by atoms with Gasteiger partial charge in [0.15, 0.2) is 6.61 Å². The molecule has 0 atom stereocenters. The highest BCUT2D eigenvalue weighted by Gasteiger charge is 2.23. The lowest BCUT2D eigenvalue weighted by Crippen LogP contribution is -2.16. The number of hydrogen-bond donors (Lipinski definition) is 0. The number of ether oxygens (including phenoxy) is 4. The lowest BCUT2D eigenvalue weighted by atomic mass is 10.0. The smallest absolute Gasteiger partial charge is 0.344 e. The van der Waals surface area contributed by atoms with E-state index in [9.17, 15) is 9.59 Å². The van der Waals surface area contributed by atoms with Crippen LogP contribution in [0.5, 0.6) is 17.4 Å². The average Bonchev–Trinajstić information content (AvgIpc) is 3.70. The number of rotatable bonds is 12. The molecular weight excluding hydrogens is 540 g/mol. The summed E-state index contributed by atoms with van der Waals surface area (Å²) in [6, 6.07) is 15.1.